The highest BCUT2D eigenvalue weighted by Gasteiger charge is 2.20. The molecule has 0 radical (unpaired) electrons. The lowest BCUT2D eigenvalue weighted by Crippen LogP contribution is -2.04. The van der Waals surface area contributed by atoms with E-state index in [4.69, 9.17) is 0 Å². The smallest absolute Gasteiger partial charge is 0.166 e. The number of hydrogen-bond acceptors (Lipinski definition) is 0. The van der Waals surface area contributed by atoms with Gasteiger partial charge >= 0.3 is 0 Å². The Morgan fingerprint density at radius 2 is 1.50 bits per heavy atom. The monoisotopic (exact) mass is 518 g/mol. The van der Waals surface area contributed by atoms with E-state index in [0.29, 0.717) is 41.9 Å². The molecule has 1 unspecified atom stereocenters. The Hall–Kier alpha value is -2.81. The van der Waals surface area contributed by atoms with Crippen LogP contribution in [0.25, 0.3) is 16.7 Å². The molecule has 0 amide bonds. The molecule has 0 aromatic heterocycles. The first-order chi connectivity index (χ1) is 18.5. The Morgan fingerprint density at radius 3 is 2.16 bits per heavy atom. The van der Waals surface area contributed by atoms with Crippen LogP contribution in [0.1, 0.15) is 107 Å². The van der Waals surface area contributed by atoms with Crippen molar-refractivity contribution in [1.82, 2.24) is 0 Å². The van der Waals surface area contributed by atoms with E-state index in [0.717, 1.165) is 55.2 Å². The van der Waals surface area contributed by atoms with Crippen LogP contribution in [0.3, 0.4) is 0 Å². The van der Waals surface area contributed by atoms with Crippen LogP contribution in [-0.4, -0.2) is 0 Å². The Balaban J connectivity index is 1.42. The second-order valence-corrected chi connectivity index (χ2v) is 10.8. The third kappa shape index (κ3) is 6.98. The molecular formula is C35H41F3. The summed E-state index contributed by atoms with van der Waals surface area (Å²) in [6.07, 6.45) is 21.8. The maximum atomic E-state index is 15.1. The molecule has 1 atom stereocenters. The number of allylic oxidation sites excluding steroid dienone is 8. The zero-order valence-electron chi connectivity index (χ0n) is 23.0. The highest BCUT2D eigenvalue weighted by Crippen LogP contribution is 2.37. The van der Waals surface area contributed by atoms with Crippen LogP contribution >= 0.6 is 0 Å². The predicted octanol–water partition coefficient (Wildman–Crippen LogP) is 11.0. The Kier molecular flexibility index (Phi) is 10.3. The van der Waals surface area contributed by atoms with Crippen molar-refractivity contribution in [3.8, 4) is 0 Å². The number of halogens is 3. The molecule has 0 aliphatic heterocycles. The first-order valence-electron chi connectivity index (χ1n) is 14.5. The van der Waals surface area contributed by atoms with Crippen LogP contribution < -0.4 is 0 Å². The second-order valence-electron chi connectivity index (χ2n) is 10.8. The molecule has 0 saturated heterocycles. The van der Waals surface area contributed by atoms with E-state index in [1.165, 1.54) is 24.8 Å². The lowest BCUT2D eigenvalue weighted by molar-refractivity contribution is 0.492. The van der Waals surface area contributed by atoms with Gasteiger partial charge in [0.2, 0.25) is 0 Å². The van der Waals surface area contributed by atoms with Crippen LogP contribution in [0.15, 0.2) is 60.7 Å². The third-order valence-electron chi connectivity index (χ3n) is 8.06. The van der Waals surface area contributed by atoms with E-state index in [1.807, 2.05) is 31.2 Å². The minimum Gasteiger partial charge on any atom is -0.206 e. The van der Waals surface area contributed by atoms with E-state index in [-0.39, 0.29) is 5.82 Å². The predicted molar refractivity (Wildman–Crippen MR) is 155 cm³/mol. The highest BCUT2D eigenvalue weighted by atomic mass is 19.2. The molecule has 0 spiro atoms. The molecule has 0 N–H and O–H groups in total. The van der Waals surface area contributed by atoms with Crippen molar-refractivity contribution in [2.24, 2.45) is 5.92 Å². The normalized spacial score (nSPS) is 17.9. The number of benzene rings is 2. The average molecular weight is 519 g/mol. The Labute approximate surface area is 227 Å². The Bertz CT molecular complexity index is 1230. The molecule has 202 valence electrons. The first-order valence-corrected chi connectivity index (χ1v) is 14.5. The third-order valence-corrected chi connectivity index (χ3v) is 8.06. The van der Waals surface area contributed by atoms with Gasteiger partial charge in [0.15, 0.2) is 11.6 Å². The van der Waals surface area contributed by atoms with Crippen molar-refractivity contribution in [3.63, 3.8) is 0 Å². The number of aryl methyl sites for hydroxylation is 1. The minimum atomic E-state index is -0.760. The summed E-state index contributed by atoms with van der Waals surface area (Å²) in [5.74, 6) is -1.12. The second kappa shape index (κ2) is 13.8. The molecule has 0 bridgehead atoms. The van der Waals surface area contributed by atoms with Crippen LogP contribution in [0.4, 0.5) is 13.2 Å². The van der Waals surface area contributed by atoms with Crippen molar-refractivity contribution in [1.29, 1.82) is 0 Å². The van der Waals surface area contributed by atoms with Crippen LogP contribution in [0.2, 0.25) is 0 Å². The standard InChI is InChI=1S/C35H41F3/c1-3-5-6-7-8-9-11-29-20-23-32(35(38)34(29)37)28-18-16-27(17-19-28)31-22-21-30(24-33(31)36)26-14-12-25(10-4-2)13-15-26/h4,10,14,16,18,20-25H,3,5-9,11-13,15,17,19H2,1-2H3/b10-4+. The molecule has 3 heteroatoms. The molecule has 2 aromatic carbocycles. The van der Waals surface area contributed by atoms with Crippen molar-refractivity contribution in [2.75, 3.05) is 0 Å². The van der Waals surface area contributed by atoms with Gasteiger partial charge in [-0.1, -0.05) is 93.7 Å². The lowest BCUT2D eigenvalue weighted by Gasteiger charge is -2.20. The summed E-state index contributed by atoms with van der Waals surface area (Å²) in [4.78, 5) is 0. The van der Waals surface area contributed by atoms with Gasteiger partial charge in [-0.3, -0.25) is 0 Å². The molecule has 2 aliphatic rings. The van der Waals surface area contributed by atoms with Gasteiger partial charge in [-0.15, -0.1) is 0 Å². The van der Waals surface area contributed by atoms with Crippen LogP contribution in [0, 0.1) is 23.4 Å². The summed E-state index contributed by atoms with van der Waals surface area (Å²) in [6.45, 7) is 4.23. The largest absolute Gasteiger partial charge is 0.206 e. The number of hydrogen-bond donors (Lipinski definition) is 0. The minimum absolute atomic E-state index is 0.224. The van der Waals surface area contributed by atoms with E-state index in [2.05, 4.69) is 25.2 Å². The fourth-order valence-electron chi connectivity index (χ4n) is 5.75. The molecule has 0 nitrogen and oxygen atoms in total. The summed E-state index contributed by atoms with van der Waals surface area (Å²) in [7, 11) is 0. The average Bonchev–Trinajstić information content (AvgIpc) is 2.94. The quantitative estimate of drug-likeness (QED) is 0.205. The van der Waals surface area contributed by atoms with Gasteiger partial charge in [-0.2, -0.15) is 0 Å². The molecule has 38 heavy (non-hydrogen) atoms. The molecule has 0 saturated carbocycles. The van der Waals surface area contributed by atoms with E-state index in [9.17, 15) is 8.78 Å². The van der Waals surface area contributed by atoms with Gasteiger partial charge in [0.05, 0.1) is 0 Å². The van der Waals surface area contributed by atoms with Gasteiger partial charge in [-0.25, -0.2) is 13.2 Å². The summed E-state index contributed by atoms with van der Waals surface area (Å²) < 4.78 is 45.0. The zero-order valence-corrected chi connectivity index (χ0v) is 23.0. The summed E-state index contributed by atoms with van der Waals surface area (Å²) in [6, 6.07) is 8.97. The fraction of sp³-hybridized carbons (Fsp3) is 0.429. The topological polar surface area (TPSA) is 0 Å². The summed E-state index contributed by atoms with van der Waals surface area (Å²) in [5, 5.41) is 0. The van der Waals surface area contributed by atoms with Gasteiger partial charge in [-0.05, 0) is 91.7 Å². The molecule has 2 aliphatic carbocycles. The SMILES string of the molecule is C/C=C/C1CC=C(c2ccc(C3=CC=C(c4ccc(CCCCCCCC)c(F)c4F)CC3)c(F)c2)CC1. The van der Waals surface area contributed by atoms with Crippen molar-refractivity contribution >= 4 is 16.7 Å². The molecular weight excluding hydrogens is 477 g/mol. The van der Waals surface area contributed by atoms with E-state index >= 15 is 4.39 Å². The van der Waals surface area contributed by atoms with Gasteiger partial charge in [0.25, 0.3) is 0 Å². The number of rotatable bonds is 11. The molecule has 0 fully saturated rings. The van der Waals surface area contributed by atoms with Crippen LogP contribution in [-0.2, 0) is 6.42 Å². The van der Waals surface area contributed by atoms with E-state index in [1.54, 1.807) is 18.2 Å². The van der Waals surface area contributed by atoms with Gasteiger partial charge < -0.3 is 0 Å². The van der Waals surface area contributed by atoms with Crippen molar-refractivity contribution in [2.45, 2.75) is 90.9 Å². The Morgan fingerprint density at radius 1 is 0.789 bits per heavy atom. The number of unbranched alkanes of at least 4 members (excludes halogenated alkanes) is 5. The lowest BCUT2D eigenvalue weighted by atomic mass is 9.85. The molecule has 4 rings (SSSR count). The van der Waals surface area contributed by atoms with Crippen molar-refractivity contribution < 1.29 is 13.2 Å². The van der Waals surface area contributed by atoms with Gasteiger partial charge in [0, 0.05) is 11.1 Å². The zero-order chi connectivity index (χ0) is 26.9. The maximum Gasteiger partial charge on any atom is 0.166 e. The highest BCUT2D eigenvalue weighted by molar-refractivity contribution is 5.79. The van der Waals surface area contributed by atoms with Gasteiger partial charge in [0.1, 0.15) is 5.82 Å². The summed E-state index contributed by atoms with van der Waals surface area (Å²) >= 11 is 0. The molecule has 0 heterocycles. The first kappa shape index (κ1) is 28.2. The maximum absolute atomic E-state index is 15.1. The van der Waals surface area contributed by atoms with Crippen molar-refractivity contribution in [3.05, 3.63) is 100 Å². The fourth-order valence-corrected chi connectivity index (χ4v) is 5.75. The van der Waals surface area contributed by atoms with E-state index < -0.39 is 11.6 Å². The molecule has 2 aromatic rings. The van der Waals surface area contributed by atoms with Crippen LogP contribution in [0.5, 0.6) is 0 Å². The summed E-state index contributed by atoms with van der Waals surface area (Å²) in [5.41, 5.74) is 5.20.